The summed E-state index contributed by atoms with van der Waals surface area (Å²) in [7, 11) is 0. The summed E-state index contributed by atoms with van der Waals surface area (Å²) in [6.45, 7) is 0.398. The molecule has 0 spiro atoms. The van der Waals surface area contributed by atoms with E-state index >= 15 is 0 Å². The molecule has 5 nitrogen and oxygen atoms in total. The molecule has 0 unspecified atom stereocenters. The lowest BCUT2D eigenvalue weighted by molar-refractivity contribution is 0.0697. The van der Waals surface area contributed by atoms with E-state index in [1.165, 1.54) is 18.2 Å². The van der Waals surface area contributed by atoms with Gasteiger partial charge in [0.1, 0.15) is 11.4 Å². The second-order valence-corrected chi connectivity index (χ2v) is 6.99. The maximum Gasteiger partial charge on any atom is 0.336 e. The highest BCUT2D eigenvalue weighted by molar-refractivity contribution is 5.95. The van der Waals surface area contributed by atoms with Gasteiger partial charge in [0.25, 0.3) is 5.88 Å². The van der Waals surface area contributed by atoms with E-state index in [0.717, 1.165) is 16.7 Å². The van der Waals surface area contributed by atoms with Crippen molar-refractivity contribution in [3.63, 3.8) is 0 Å². The van der Waals surface area contributed by atoms with E-state index in [2.05, 4.69) is 4.98 Å². The molecule has 3 aromatic carbocycles. The van der Waals surface area contributed by atoms with Crippen LogP contribution in [0.5, 0.6) is 11.6 Å². The Hall–Kier alpha value is -4.10. The van der Waals surface area contributed by atoms with Crippen molar-refractivity contribution in [2.45, 2.75) is 6.54 Å². The molecule has 0 fully saturated rings. The van der Waals surface area contributed by atoms with Crippen LogP contribution in [-0.2, 0) is 6.54 Å². The molecule has 0 amide bonds. The van der Waals surface area contributed by atoms with Crippen molar-refractivity contribution >= 4 is 5.97 Å². The van der Waals surface area contributed by atoms with Gasteiger partial charge in [0, 0.05) is 18.2 Å². The Morgan fingerprint density at radius 1 is 0.906 bits per heavy atom. The molecule has 0 aliphatic carbocycles. The van der Waals surface area contributed by atoms with E-state index in [-0.39, 0.29) is 22.6 Å². The van der Waals surface area contributed by atoms with Crippen molar-refractivity contribution in [2.75, 3.05) is 0 Å². The number of hydrogen-bond acceptors (Lipinski definition) is 4. The second kappa shape index (κ2) is 8.95. The van der Waals surface area contributed by atoms with Crippen LogP contribution >= 0.6 is 0 Å². The summed E-state index contributed by atoms with van der Waals surface area (Å²) in [5.74, 6) is -3.42. The number of aromatic nitrogens is 1. The molecular formula is C25H18F2N2O3. The predicted octanol–water partition coefficient (Wildman–Crippen LogP) is 5.64. The highest BCUT2D eigenvalue weighted by atomic mass is 19.1. The molecule has 0 saturated heterocycles. The highest BCUT2D eigenvalue weighted by Gasteiger charge is 2.20. The van der Waals surface area contributed by atoms with Crippen molar-refractivity contribution in [3.8, 4) is 34.0 Å². The summed E-state index contributed by atoms with van der Waals surface area (Å²) in [4.78, 5) is 15.5. The fourth-order valence-corrected chi connectivity index (χ4v) is 3.31. The summed E-state index contributed by atoms with van der Waals surface area (Å²) >= 11 is 0. The first-order chi connectivity index (χ1) is 15.5. The first kappa shape index (κ1) is 21.1. The number of pyridine rings is 1. The molecule has 4 rings (SSSR count). The number of rotatable bonds is 6. The standard InChI is InChI=1S/C25H18F2N2O3/c26-21-13-22(27)24(29-23(21)19-9-1-2-10-20(19)25(30)31)32-18-8-4-7-17(12-18)16-6-3-5-15(11-16)14-28/h1-13H,14,28H2,(H,30,31). The molecular weight excluding hydrogens is 414 g/mol. The number of carbonyl (C=O) groups is 1. The fraction of sp³-hybridized carbons (Fsp3) is 0.0400. The molecule has 1 heterocycles. The van der Waals surface area contributed by atoms with Gasteiger partial charge in [-0.15, -0.1) is 0 Å². The molecule has 32 heavy (non-hydrogen) atoms. The molecule has 0 atom stereocenters. The minimum absolute atomic E-state index is 0.0229. The van der Waals surface area contributed by atoms with Crippen LogP contribution in [0, 0.1) is 11.6 Å². The monoisotopic (exact) mass is 432 g/mol. The molecule has 160 valence electrons. The van der Waals surface area contributed by atoms with E-state index in [4.69, 9.17) is 10.5 Å². The number of nitrogens with zero attached hydrogens (tertiary/aromatic N) is 1. The zero-order valence-corrected chi connectivity index (χ0v) is 16.8. The number of benzene rings is 3. The van der Waals surface area contributed by atoms with E-state index in [1.54, 1.807) is 24.3 Å². The maximum absolute atomic E-state index is 14.5. The average Bonchev–Trinajstić information content (AvgIpc) is 2.81. The van der Waals surface area contributed by atoms with Crippen LogP contribution in [0.1, 0.15) is 15.9 Å². The Kier molecular flexibility index (Phi) is 5.91. The Bertz CT molecular complexity index is 1310. The largest absolute Gasteiger partial charge is 0.478 e. The molecule has 0 bridgehead atoms. The lowest BCUT2D eigenvalue weighted by Gasteiger charge is -2.12. The Morgan fingerprint density at radius 2 is 1.62 bits per heavy atom. The average molecular weight is 432 g/mol. The van der Waals surface area contributed by atoms with Gasteiger partial charge in [-0.25, -0.2) is 18.6 Å². The quantitative estimate of drug-likeness (QED) is 0.412. The number of ether oxygens (including phenoxy) is 1. The van der Waals surface area contributed by atoms with Crippen LogP contribution in [-0.4, -0.2) is 16.1 Å². The molecule has 3 N–H and O–H groups in total. The predicted molar refractivity (Wildman–Crippen MR) is 116 cm³/mol. The Labute approximate surface area is 182 Å². The van der Waals surface area contributed by atoms with Crippen LogP contribution in [0.25, 0.3) is 22.4 Å². The summed E-state index contributed by atoms with van der Waals surface area (Å²) in [5, 5.41) is 9.39. The highest BCUT2D eigenvalue weighted by Crippen LogP contribution is 2.32. The number of aromatic carboxylic acids is 1. The van der Waals surface area contributed by atoms with Gasteiger partial charge >= 0.3 is 5.97 Å². The van der Waals surface area contributed by atoms with E-state index < -0.39 is 23.5 Å². The van der Waals surface area contributed by atoms with Gasteiger partial charge in [0.15, 0.2) is 11.6 Å². The van der Waals surface area contributed by atoms with E-state index in [0.29, 0.717) is 12.6 Å². The zero-order valence-electron chi connectivity index (χ0n) is 16.8. The van der Waals surface area contributed by atoms with Crippen molar-refractivity contribution in [2.24, 2.45) is 5.73 Å². The van der Waals surface area contributed by atoms with Crippen LogP contribution in [0.2, 0.25) is 0 Å². The van der Waals surface area contributed by atoms with Crippen molar-refractivity contribution in [3.05, 3.63) is 102 Å². The van der Waals surface area contributed by atoms with Crippen molar-refractivity contribution in [1.82, 2.24) is 4.98 Å². The minimum atomic E-state index is -1.25. The lowest BCUT2D eigenvalue weighted by atomic mass is 10.0. The van der Waals surface area contributed by atoms with Gasteiger partial charge in [0.2, 0.25) is 0 Å². The summed E-state index contributed by atoms with van der Waals surface area (Å²) < 4.78 is 34.6. The minimum Gasteiger partial charge on any atom is -0.478 e. The van der Waals surface area contributed by atoms with Gasteiger partial charge in [0.05, 0.1) is 5.56 Å². The number of hydrogen-bond donors (Lipinski definition) is 2. The Morgan fingerprint density at radius 3 is 2.38 bits per heavy atom. The van der Waals surface area contributed by atoms with Gasteiger partial charge in [-0.05, 0) is 41.0 Å². The molecule has 4 aromatic rings. The van der Waals surface area contributed by atoms with Crippen LogP contribution in [0.3, 0.4) is 0 Å². The van der Waals surface area contributed by atoms with Crippen LogP contribution in [0.4, 0.5) is 8.78 Å². The maximum atomic E-state index is 14.5. The smallest absolute Gasteiger partial charge is 0.336 e. The van der Waals surface area contributed by atoms with Crippen molar-refractivity contribution in [1.29, 1.82) is 0 Å². The summed E-state index contributed by atoms with van der Waals surface area (Å²) in [5.41, 5.74) is 7.94. The third kappa shape index (κ3) is 4.33. The Balaban J connectivity index is 1.72. The molecule has 1 aromatic heterocycles. The summed E-state index contributed by atoms with van der Waals surface area (Å²) in [6, 6.07) is 21.0. The van der Waals surface area contributed by atoms with Gasteiger partial charge in [-0.2, -0.15) is 0 Å². The topological polar surface area (TPSA) is 85.4 Å². The number of nitrogens with two attached hydrogens (primary N) is 1. The molecule has 0 saturated carbocycles. The number of carboxylic acid groups (broad SMARTS) is 1. The van der Waals surface area contributed by atoms with E-state index in [1.807, 2.05) is 30.3 Å². The molecule has 7 heteroatoms. The van der Waals surface area contributed by atoms with Gasteiger partial charge in [-0.1, -0.05) is 48.5 Å². The zero-order chi connectivity index (χ0) is 22.7. The fourth-order valence-electron chi connectivity index (χ4n) is 3.31. The van der Waals surface area contributed by atoms with Gasteiger partial charge < -0.3 is 15.6 Å². The first-order valence-electron chi connectivity index (χ1n) is 9.72. The van der Waals surface area contributed by atoms with E-state index in [9.17, 15) is 18.7 Å². The van der Waals surface area contributed by atoms with Crippen LogP contribution < -0.4 is 10.5 Å². The molecule has 0 aliphatic rings. The second-order valence-electron chi connectivity index (χ2n) is 6.99. The first-order valence-corrected chi connectivity index (χ1v) is 9.72. The normalized spacial score (nSPS) is 10.7. The lowest BCUT2D eigenvalue weighted by Crippen LogP contribution is -2.03. The SMILES string of the molecule is NCc1cccc(-c2cccc(Oc3nc(-c4ccccc4C(=O)O)c(F)cc3F)c2)c1. The van der Waals surface area contributed by atoms with Gasteiger partial charge in [-0.3, -0.25) is 0 Å². The molecule has 0 radical (unpaired) electrons. The van der Waals surface area contributed by atoms with Crippen LogP contribution in [0.15, 0.2) is 78.9 Å². The third-order valence-electron chi connectivity index (χ3n) is 4.85. The molecule has 0 aliphatic heterocycles. The third-order valence-corrected chi connectivity index (χ3v) is 4.85. The number of carboxylic acids is 1. The van der Waals surface area contributed by atoms with Crippen molar-refractivity contribution < 1.29 is 23.4 Å². The number of halogens is 2. The summed E-state index contributed by atoms with van der Waals surface area (Å²) in [6.07, 6.45) is 0.